The summed E-state index contributed by atoms with van der Waals surface area (Å²) in [5, 5.41) is 3.05. The summed E-state index contributed by atoms with van der Waals surface area (Å²) in [6.07, 6.45) is 87.4. The number of hydrogen-bond donors (Lipinski definition) is 1. The third-order valence-electron chi connectivity index (χ3n) is 16.6. The van der Waals surface area contributed by atoms with Crippen molar-refractivity contribution in [2.45, 2.75) is 367 Å². The van der Waals surface area contributed by atoms with Crippen LogP contribution in [0.2, 0.25) is 0 Å². The van der Waals surface area contributed by atoms with Crippen molar-refractivity contribution in [3.63, 3.8) is 0 Å². The molecule has 0 rings (SSSR count). The highest BCUT2D eigenvalue weighted by molar-refractivity contribution is 7.45. The number of likely N-dealkylation sites (N-methyl/N-ethyl adjacent to an activating group) is 1. The maximum atomic E-state index is 13.6. The van der Waals surface area contributed by atoms with Crippen LogP contribution in [0.5, 0.6) is 0 Å². The first-order chi connectivity index (χ1) is 42.4. The van der Waals surface area contributed by atoms with E-state index in [0.29, 0.717) is 17.4 Å². The third-order valence-corrected chi connectivity index (χ3v) is 17.6. The Balaban J connectivity index is 5.03. The van der Waals surface area contributed by atoms with Crippen molar-refractivity contribution in [1.82, 2.24) is 5.32 Å². The fourth-order valence-corrected chi connectivity index (χ4v) is 11.6. The number of carbonyl (C=O) groups excluding carboxylic acids is 2. The molecule has 0 fully saturated rings. The van der Waals surface area contributed by atoms with Crippen molar-refractivity contribution < 1.29 is 37.3 Å². The number of nitrogens with zero attached hydrogens (tertiary/aromatic N) is 1. The van der Waals surface area contributed by atoms with E-state index in [4.69, 9.17) is 13.8 Å². The number of hydrogen-bond acceptors (Lipinski definition) is 7. The topological polar surface area (TPSA) is 114 Å². The molecule has 0 aromatic carbocycles. The van der Waals surface area contributed by atoms with Gasteiger partial charge >= 0.3 is 5.97 Å². The lowest BCUT2D eigenvalue weighted by molar-refractivity contribution is -0.870. The van der Waals surface area contributed by atoms with E-state index < -0.39 is 20.0 Å². The molecule has 1 N–H and O–H groups in total. The molecule has 0 aromatic heterocycles. The Kier molecular flexibility index (Phi) is 64.4. The Hall–Kier alpha value is -2.55. The molecule has 0 aliphatic carbocycles. The van der Waals surface area contributed by atoms with Crippen LogP contribution in [0.1, 0.15) is 355 Å². The second-order valence-electron chi connectivity index (χ2n) is 26.4. The maximum Gasteiger partial charge on any atom is 0.306 e. The number of carbonyl (C=O) groups is 2. The van der Waals surface area contributed by atoms with E-state index in [0.717, 1.165) is 77.0 Å². The van der Waals surface area contributed by atoms with E-state index in [-0.39, 0.29) is 31.5 Å². The van der Waals surface area contributed by atoms with Crippen molar-refractivity contribution >= 4 is 19.7 Å². The van der Waals surface area contributed by atoms with Gasteiger partial charge in [-0.15, -0.1) is 0 Å². The van der Waals surface area contributed by atoms with Crippen LogP contribution in [-0.2, 0) is 27.9 Å². The minimum Gasteiger partial charge on any atom is -0.756 e. The van der Waals surface area contributed by atoms with Gasteiger partial charge in [-0.2, -0.15) is 0 Å². The fourth-order valence-electron chi connectivity index (χ4n) is 10.9. The molecule has 508 valence electrons. The molecule has 87 heavy (non-hydrogen) atoms. The molecule has 0 aromatic rings. The molecule has 3 atom stereocenters. The zero-order chi connectivity index (χ0) is 63.5. The van der Waals surface area contributed by atoms with Gasteiger partial charge in [0.05, 0.1) is 33.8 Å². The molecule has 0 heterocycles. The second-order valence-corrected chi connectivity index (χ2v) is 27.9. The van der Waals surface area contributed by atoms with Crippen LogP contribution in [0.15, 0.2) is 72.9 Å². The van der Waals surface area contributed by atoms with Crippen LogP contribution in [0.25, 0.3) is 0 Å². The van der Waals surface area contributed by atoms with Crippen molar-refractivity contribution in [2.24, 2.45) is 0 Å². The Morgan fingerprint density at radius 1 is 0.402 bits per heavy atom. The number of ether oxygens (including phenoxy) is 1. The monoisotopic (exact) mass is 1240 g/mol. The predicted molar refractivity (Wildman–Crippen MR) is 376 cm³/mol. The Morgan fingerprint density at radius 2 is 0.701 bits per heavy atom. The van der Waals surface area contributed by atoms with E-state index in [1.165, 1.54) is 244 Å². The molecule has 0 spiro atoms. The average molecular weight is 1240 g/mol. The van der Waals surface area contributed by atoms with Crippen molar-refractivity contribution in [1.29, 1.82) is 0 Å². The third kappa shape index (κ3) is 67.7. The van der Waals surface area contributed by atoms with Crippen LogP contribution in [0, 0.1) is 0 Å². The molecule has 3 unspecified atom stereocenters. The molecule has 1 amide bonds. The van der Waals surface area contributed by atoms with Crippen LogP contribution >= 0.6 is 7.82 Å². The SMILES string of the molecule is CCCCC/C=C\C/C=C\C/C=C\CCCCCCCCCCCCCCCCC(=O)NC(COP(=O)([O-])OCC[N+](C)(C)C)C(/C=C\CCCCCCCCCCCCC)OC(=O)CCCCCCCCCCCCC/C=C\C/C=C\CCCCC. The highest BCUT2D eigenvalue weighted by Crippen LogP contribution is 2.38. The number of rotatable bonds is 68. The van der Waals surface area contributed by atoms with Gasteiger partial charge in [0.2, 0.25) is 5.91 Å². The van der Waals surface area contributed by atoms with E-state index in [2.05, 4.69) is 86.8 Å². The summed E-state index contributed by atoms with van der Waals surface area (Å²) in [6, 6.07) is -0.892. The molecule has 0 radical (unpaired) electrons. The molecule has 9 nitrogen and oxygen atoms in total. The summed E-state index contributed by atoms with van der Waals surface area (Å²) >= 11 is 0. The Bertz CT molecular complexity index is 1720. The summed E-state index contributed by atoms with van der Waals surface area (Å²) < 4.78 is 30.5. The van der Waals surface area contributed by atoms with Gasteiger partial charge < -0.3 is 28.5 Å². The second kappa shape index (κ2) is 66.4. The van der Waals surface area contributed by atoms with E-state index >= 15 is 0 Å². The number of unbranched alkanes of at least 4 members (excludes halogenated alkanes) is 42. The van der Waals surface area contributed by atoms with Crippen LogP contribution < -0.4 is 10.2 Å². The van der Waals surface area contributed by atoms with E-state index in [9.17, 15) is 19.0 Å². The Labute approximate surface area is 540 Å². The molecule has 10 heteroatoms. The molecule has 0 aliphatic rings. The van der Waals surface area contributed by atoms with Crippen molar-refractivity contribution in [3.05, 3.63) is 72.9 Å². The molecular weight excluding hydrogens is 1100 g/mol. The first-order valence-electron chi connectivity index (χ1n) is 37.2. The highest BCUT2D eigenvalue weighted by Gasteiger charge is 2.27. The van der Waals surface area contributed by atoms with Crippen LogP contribution in [-0.4, -0.2) is 69.4 Å². The maximum absolute atomic E-state index is 13.6. The van der Waals surface area contributed by atoms with Gasteiger partial charge in [-0.05, 0) is 102 Å². The summed E-state index contributed by atoms with van der Waals surface area (Å²) in [6.45, 7) is 6.84. The van der Waals surface area contributed by atoms with Gasteiger partial charge in [-0.3, -0.25) is 14.2 Å². The lowest BCUT2D eigenvalue weighted by Crippen LogP contribution is -2.47. The zero-order valence-corrected chi connectivity index (χ0v) is 59.1. The predicted octanol–water partition coefficient (Wildman–Crippen LogP) is 23.3. The number of nitrogens with one attached hydrogen (secondary N) is 1. The summed E-state index contributed by atoms with van der Waals surface area (Å²) in [7, 11) is 1.19. The fraction of sp³-hybridized carbons (Fsp3) is 0.818. The van der Waals surface area contributed by atoms with Gasteiger partial charge in [-0.25, -0.2) is 0 Å². The smallest absolute Gasteiger partial charge is 0.306 e. The van der Waals surface area contributed by atoms with Gasteiger partial charge in [0.25, 0.3) is 7.82 Å². The summed E-state index contributed by atoms with van der Waals surface area (Å²) in [5.74, 6) is -0.531. The molecular formula is C77H143N2O7P. The normalized spacial score (nSPS) is 13.9. The number of phosphoric ester groups is 1. The minimum atomic E-state index is -4.71. The quantitative estimate of drug-likeness (QED) is 0.0212. The minimum absolute atomic E-state index is 0.0232. The standard InChI is InChI=1S/C77H143N2O7P/c1-7-10-13-16-19-22-25-28-30-32-34-36-37-38-39-40-41-43-44-46-48-51-54-57-60-63-66-69-76(80)78-74(73-85-87(82,83)84-72-71-79(4,5)6)75(68-65-62-59-56-53-50-27-24-21-18-15-12-9-3)86-77(81)70-67-64-61-58-55-52-49-47-45-42-35-33-31-29-26-23-20-17-14-11-8-2/h19-20,22-23,28-31,34,36,65,68,74-75H,7-18,21,24-27,32-33,35,37-64,66-67,69-73H2,1-6H3,(H-,78,80,82,83)/b22-19-,23-20-,30-28-,31-29-,36-34-,68-65-. The Morgan fingerprint density at radius 3 is 1.07 bits per heavy atom. The number of esters is 1. The van der Waals surface area contributed by atoms with Gasteiger partial charge in [-0.1, -0.05) is 312 Å². The van der Waals surface area contributed by atoms with Crippen molar-refractivity contribution in [2.75, 3.05) is 40.9 Å². The van der Waals surface area contributed by atoms with Crippen molar-refractivity contribution in [3.8, 4) is 0 Å². The number of quaternary nitrogens is 1. The molecule has 0 saturated heterocycles. The van der Waals surface area contributed by atoms with Crippen LogP contribution in [0.4, 0.5) is 0 Å². The lowest BCUT2D eigenvalue weighted by Gasteiger charge is -2.30. The zero-order valence-electron chi connectivity index (χ0n) is 58.2. The van der Waals surface area contributed by atoms with Crippen LogP contribution in [0.3, 0.4) is 0 Å². The largest absolute Gasteiger partial charge is 0.756 e. The van der Waals surface area contributed by atoms with Gasteiger partial charge in [0.15, 0.2) is 0 Å². The highest BCUT2D eigenvalue weighted by atomic mass is 31.2. The molecule has 0 saturated carbocycles. The first kappa shape index (κ1) is 84.5. The number of allylic oxidation sites excluding steroid dienone is 11. The molecule has 0 bridgehead atoms. The number of amides is 1. The molecule has 0 aliphatic heterocycles. The van der Waals surface area contributed by atoms with Gasteiger partial charge in [0.1, 0.15) is 19.3 Å². The van der Waals surface area contributed by atoms with Gasteiger partial charge in [0, 0.05) is 12.8 Å². The average Bonchev–Trinajstić information content (AvgIpc) is 3.69. The summed E-state index contributed by atoms with van der Waals surface area (Å²) in [4.78, 5) is 40.3. The lowest BCUT2D eigenvalue weighted by atomic mass is 10.0. The first-order valence-corrected chi connectivity index (χ1v) is 38.7. The number of phosphoric acid groups is 1. The van der Waals surface area contributed by atoms with E-state index in [1.807, 2.05) is 33.3 Å². The van der Waals surface area contributed by atoms with E-state index in [1.54, 1.807) is 0 Å². The summed E-state index contributed by atoms with van der Waals surface area (Å²) in [5.41, 5.74) is 0.